The summed E-state index contributed by atoms with van der Waals surface area (Å²) in [5.41, 5.74) is 0. The van der Waals surface area contributed by atoms with E-state index in [2.05, 4.69) is 41.4 Å². The number of ether oxygens (including phenoxy) is 1. The van der Waals surface area contributed by atoms with Gasteiger partial charge in [0, 0.05) is 12.6 Å². The Hall–Kier alpha value is -1.52. The van der Waals surface area contributed by atoms with Crippen LogP contribution in [-0.2, 0) is 0 Å². The second kappa shape index (κ2) is 8.56. The Labute approximate surface area is 116 Å². The number of nitrogens with zero attached hydrogens (tertiary/aromatic N) is 2. The average Bonchev–Trinajstić information content (AvgIpc) is 2.43. The van der Waals surface area contributed by atoms with Gasteiger partial charge in [-0.05, 0) is 19.8 Å². The van der Waals surface area contributed by atoms with Crippen molar-refractivity contribution in [2.75, 3.05) is 24.3 Å². The Morgan fingerprint density at radius 2 is 1.95 bits per heavy atom. The number of nitrogens with one attached hydrogen (secondary N) is 2. The molecular formula is C14H26N4O. The highest BCUT2D eigenvalue weighted by atomic mass is 16.5. The maximum Gasteiger partial charge on any atom is 0.204 e. The van der Waals surface area contributed by atoms with Gasteiger partial charge in [0.2, 0.25) is 5.75 Å². The van der Waals surface area contributed by atoms with Gasteiger partial charge in [0.1, 0.15) is 6.33 Å². The fraction of sp³-hybridized carbons (Fsp3) is 0.714. The zero-order chi connectivity index (χ0) is 14.1. The van der Waals surface area contributed by atoms with E-state index in [4.69, 9.17) is 4.74 Å². The van der Waals surface area contributed by atoms with Crippen molar-refractivity contribution in [3.05, 3.63) is 6.33 Å². The molecular weight excluding hydrogens is 240 g/mol. The van der Waals surface area contributed by atoms with Gasteiger partial charge in [-0.3, -0.25) is 0 Å². The van der Waals surface area contributed by atoms with Crippen LogP contribution in [0.25, 0.3) is 0 Å². The van der Waals surface area contributed by atoms with Gasteiger partial charge in [-0.1, -0.05) is 26.7 Å². The maximum atomic E-state index is 5.43. The summed E-state index contributed by atoms with van der Waals surface area (Å²) in [6, 6.07) is 0.378. The van der Waals surface area contributed by atoms with E-state index in [1.54, 1.807) is 13.4 Å². The van der Waals surface area contributed by atoms with Gasteiger partial charge < -0.3 is 15.4 Å². The van der Waals surface area contributed by atoms with Crippen molar-refractivity contribution in [1.29, 1.82) is 0 Å². The van der Waals surface area contributed by atoms with E-state index < -0.39 is 0 Å². The monoisotopic (exact) mass is 266 g/mol. The molecule has 1 unspecified atom stereocenters. The summed E-state index contributed by atoms with van der Waals surface area (Å²) in [7, 11) is 1.65. The molecule has 0 aliphatic rings. The number of methoxy groups -OCH3 is 1. The van der Waals surface area contributed by atoms with Crippen molar-refractivity contribution >= 4 is 11.6 Å². The SMILES string of the molecule is CCCCC(C)Nc1ncnc(NCCC)c1OC. The van der Waals surface area contributed by atoms with Crippen molar-refractivity contribution < 1.29 is 4.74 Å². The molecule has 0 saturated carbocycles. The van der Waals surface area contributed by atoms with Crippen LogP contribution in [0.1, 0.15) is 46.5 Å². The Morgan fingerprint density at radius 3 is 2.58 bits per heavy atom. The fourth-order valence-electron chi connectivity index (χ4n) is 1.86. The summed E-state index contributed by atoms with van der Waals surface area (Å²) < 4.78 is 5.43. The highest BCUT2D eigenvalue weighted by molar-refractivity contribution is 5.63. The van der Waals surface area contributed by atoms with Crippen LogP contribution in [0.3, 0.4) is 0 Å². The van der Waals surface area contributed by atoms with E-state index in [-0.39, 0.29) is 0 Å². The Bertz CT molecular complexity index is 370. The molecule has 0 amide bonds. The molecule has 5 heteroatoms. The predicted molar refractivity (Wildman–Crippen MR) is 80.0 cm³/mol. The second-order valence-electron chi connectivity index (χ2n) is 4.72. The molecule has 0 spiro atoms. The summed E-state index contributed by atoms with van der Waals surface area (Å²) in [6.45, 7) is 7.35. The molecule has 2 N–H and O–H groups in total. The fourth-order valence-corrected chi connectivity index (χ4v) is 1.86. The van der Waals surface area contributed by atoms with Crippen LogP contribution in [-0.4, -0.2) is 29.7 Å². The molecule has 0 aliphatic heterocycles. The number of unbranched alkanes of at least 4 members (excludes halogenated alkanes) is 1. The lowest BCUT2D eigenvalue weighted by Crippen LogP contribution is -2.17. The Kier molecular flexibility index (Phi) is 7.00. The van der Waals surface area contributed by atoms with Crippen molar-refractivity contribution in [1.82, 2.24) is 9.97 Å². The van der Waals surface area contributed by atoms with E-state index in [0.29, 0.717) is 11.8 Å². The molecule has 1 aromatic heterocycles. The molecule has 19 heavy (non-hydrogen) atoms. The van der Waals surface area contributed by atoms with Gasteiger partial charge in [-0.15, -0.1) is 0 Å². The van der Waals surface area contributed by atoms with Gasteiger partial charge in [0.15, 0.2) is 11.6 Å². The molecule has 1 heterocycles. The first kappa shape index (κ1) is 15.5. The van der Waals surface area contributed by atoms with Gasteiger partial charge in [0.05, 0.1) is 7.11 Å². The van der Waals surface area contributed by atoms with Crippen LogP contribution in [0, 0.1) is 0 Å². The summed E-state index contributed by atoms with van der Waals surface area (Å²) in [5.74, 6) is 2.21. The molecule has 0 bridgehead atoms. The third-order valence-corrected chi connectivity index (χ3v) is 2.92. The summed E-state index contributed by atoms with van der Waals surface area (Å²) >= 11 is 0. The lowest BCUT2D eigenvalue weighted by Gasteiger charge is -2.18. The van der Waals surface area contributed by atoms with Crippen molar-refractivity contribution in [2.45, 2.75) is 52.5 Å². The van der Waals surface area contributed by atoms with Gasteiger partial charge in [0.25, 0.3) is 0 Å². The highest BCUT2D eigenvalue weighted by Gasteiger charge is 2.13. The molecule has 5 nitrogen and oxygen atoms in total. The number of hydrogen-bond acceptors (Lipinski definition) is 5. The zero-order valence-electron chi connectivity index (χ0n) is 12.5. The zero-order valence-corrected chi connectivity index (χ0v) is 12.5. The first-order chi connectivity index (χ1) is 9.22. The van der Waals surface area contributed by atoms with E-state index in [1.807, 2.05) is 0 Å². The molecule has 108 valence electrons. The van der Waals surface area contributed by atoms with Crippen LogP contribution in [0.4, 0.5) is 11.6 Å². The highest BCUT2D eigenvalue weighted by Crippen LogP contribution is 2.29. The van der Waals surface area contributed by atoms with Crippen LogP contribution in [0.5, 0.6) is 5.75 Å². The third-order valence-electron chi connectivity index (χ3n) is 2.92. The Morgan fingerprint density at radius 1 is 1.21 bits per heavy atom. The first-order valence-electron chi connectivity index (χ1n) is 7.12. The van der Waals surface area contributed by atoms with Gasteiger partial charge in [-0.25, -0.2) is 9.97 Å². The molecule has 0 saturated heterocycles. The van der Waals surface area contributed by atoms with Gasteiger partial charge in [-0.2, -0.15) is 0 Å². The lowest BCUT2D eigenvalue weighted by molar-refractivity contribution is 0.414. The van der Waals surface area contributed by atoms with Crippen LogP contribution >= 0.6 is 0 Å². The largest absolute Gasteiger partial charge is 0.490 e. The number of aromatic nitrogens is 2. The normalized spacial score (nSPS) is 12.0. The number of anilines is 2. The minimum atomic E-state index is 0.378. The lowest BCUT2D eigenvalue weighted by atomic mass is 10.1. The van der Waals surface area contributed by atoms with Crippen LogP contribution in [0.2, 0.25) is 0 Å². The summed E-state index contributed by atoms with van der Waals surface area (Å²) in [4.78, 5) is 8.51. The number of rotatable bonds is 9. The van der Waals surface area contributed by atoms with Crippen LogP contribution in [0.15, 0.2) is 6.33 Å². The standard InChI is InChI=1S/C14H26N4O/c1-5-7-8-11(3)18-14-12(19-4)13(15-9-6-2)16-10-17-14/h10-11H,5-9H2,1-4H3,(H2,15,16,17,18). The minimum Gasteiger partial charge on any atom is -0.490 e. The Balaban J connectivity index is 2.76. The third kappa shape index (κ3) is 4.93. The number of hydrogen-bond donors (Lipinski definition) is 2. The topological polar surface area (TPSA) is 59.1 Å². The average molecular weight is 266 g/mol. The predicted octanol–water partition coefficient (Wildman–Crippen LogP) is 3.30. The summed E-state index contributed by atoms with van der Waals surface area (Å²) in [5, 5.41) is 6.65. The van der Waals surface area contributed by atoms with Crippen LogP contribution < -0.4 is 15.4 Å². The minimum absolute atomic E-state index is 0.378. The van der Waals surface area contributed by atoms with Crippen molar-refractivity contribution in [3.63, 3.8) is 0 Å². The quantitative estimate of drug-likeness (QED) is 0.718. The molecule has 0 aliphatic carbocycles. The first-order valence-corrected chi connectivity index (χ1v) is 7.12. The maximum absolute atomic E-state index is 5.43. The molecule has 0 aromatic carbocycles. The smallest absolute Gasteiger partial charge is 0.204 e. The van der Waals surface area contributed by atoms with Gasteiger partial charge >= 0.3 is 0 Å². The molecule has 0 fully saturated rings. The molecule has 1 aromatic rings. The summed E-state index contributed by atoms with van der Waals surface area (Å²) in [6.07, 6.45) is 6.15. The van der Waals surface area contributed by atoms with E-state index in [1.165, 1.54) is 12.8 Å². The molecule has 1 rings (SSSR count). The molecule has 1 atom stereocenters. The second-order valence-corrected chi connectivity index (χ2v) is 4.72. The van der Waals surface area contributed by atoms with E-state index in [0.717, 1.165) is 31.0 Å². The van der Waals surface area contributed by atoms with Crippen molar-refractivity contribution in [3.8, 4) is 5.75 Å². The van der Waals surface area contributed by atoms with Crippen molar-refractivity contribution in [2.24, 2.45) is 0 Å². The van der Waals surface area contributed by atoms with E-state index >= 15 is 0 Å². The molecule has 0 radical (unpaired) electrons. The van der Waals surface area contributed by atoms with E-state index in [9.17, 15) is 0 Å².